The lowest BCUT2D eigenvalue weighted by atomic mass is 10.1. The number of carbonyl (C=O) groups excluding carboxylic acids is 1. The number of nitro benzene ring substituents is 1. The van der Waals surface area contributed by atoms with Gasteiger partial charge in [-0.1, -0.05) is 11.3 Å². The van der Waals surface area contributed by atoms with E-state index in [-0.39, 0.29) is 35.7 Å². The minimum atomic E-state index is -0.473. The van der Waals surface area contributed by atoms with Gasteiger partial charge in [0.25, 0.3) is 11.6 Å². The fourth-order valence-corrected chi connectivity index (χ4v) is 2.75. The van der Waals surface area contributed by atoms with Crippen LogP contribution in [0, 0.1) is 17.0 Å². The average molecular weight is 367 g/mol. The zero-order valence-corrected chi connectivity index (χ0v) is 14.5. The van der Waals surface area contributed by atoms with Crippen LogP contribution < -0.4 is 10.6 Å². The third-order valence-corrected chi connectivity index (χ3v) is 4.03. The lowest BCUT2D eigenvalue weighted by Crippen LogP contribution is -2.45. The molecule has 1 aromatic carbocycles. The summed E-state index contributed by atoms with van der Waals surface area (Å²) in [5.74, 6) is -0.280. The summed E-state index contributed by atoms with van der Waals surface area (Å²) < 4.78 is 1.43. The summed E-state index contributed by atoms with van der Waals surface area (Å²) in [5.41, 5.74) is 1.22. The molecule has 25 heavy (non-hydrogen) atoms. The van der Waals surface area contributed by atoms with E-state index in [9.17, 15) is 14.9 Å². The molecule has 0 saturated carbocycles. The highest BCUT2D eigenvalue weighted by Crippen LogP contribution is 2.18. The standard InChI is InChI=1S/C15H18N6O3.ClH/c1-10-14(15(22)17-11-4-3-7-16-9-11)18-19-20(10)12-5-2-6-13(8-12)21(23)24;/h2,5-6,8,11,16H,3-4,7,9H2,1H3,(H,17,22);1H. The Hall–Kier alpha value is -2.52. The minimum absolute atomic E-state index is 0. The van der Waals surface area contributed by atoms with E-state index in [0.717, 1.165) is 25.9 Å². The van der Waals surface area contributed by atoms with E-state index >= 15 is 0 Å². The quantitative estimate of drug-likeness (QED) is 0.624. The summed E-state index contributed by atoms with van der Waals surface area (Å²) >= 11 is 0. The predicted molar refractivity (Wildman–Crippen MR) is 93.4 cm³/mol. The molecule has 1 unspecified atom stereocenters. The molecular formula is C15H19ClN6O3. The molecule has 1 aliphatic heterocycles. The number of carbonyl (C=O) groups is 1. The van der Waals surface area contributed by atoms with E-state index in [4.69, 9.17) is 0 Å². The maximum atomic E-state index is 12.4. The van der Waals surface area contributed by atoms with Crippen molar-refractivity contribution < 1.29 is 9.72 Å². The maximum absolute atomic E-state index is 12.4. The highest BCUT2D eigenvalue weighted by atomic mass is 35.5. The van der Waals surface area contributed by atoms with E-state index in [2.05, 4.69) is 20.9 Å². The van der Waals surface area contributed by atoms with Crippen molar-refractivity contribution >= 4 is 24.0 Å². The van der Waals surface area contributed by atoms with E-state index in [1.807, 2.05) is 0 Å². The molecular weight excluding hydrogens is 348 g/mol. The van der Waals surface area contributed by atoms with Crippen molar-refractivity contribution in [1.82, 2.24) is 25.6 Å². The van der Waals surface area contributed by atoms with Gasteiger partial charge >= 0.3 is 0 Å². The molecule has 1 saturated heterocycles. The highest BCUT2D eigenvalue weighted by molar-refractivity contribution is 5.93. The topological polar surface area (TPSA) is 115 Å². The molecule has 134 valence electrons. The zero-order chi connectivity index (χ0) is 17.1. The number of hydrogen-bond donors (Lipinski definition) is 2. The Morgan fingerprint density at radius 1 is 1.48 bits per heavy atom. The molecule has 1 fully saturated rings. The van der Waals surface area contributed by atoms with Crippen LogP contribution in [-0.4, -0.2) is 45.0 Å². The lowest BCUT2D eigenvalue weighted by Gasteiger charge is -2.23. The van der Waals surface area contributed by atoms with Crippen molar-refractivity contribution in [2.24, 2.45) is 0 Å². The molecule has 1 atom stereocenters. The zero-order valence-electron chi connectivity index (χ0n) is 13.6. The van der Waals surface area contributed by atoms with Crippen LogP contribution in [0.3, 0.4) is 0 Å². The second-order valence-electron chi connectivity index (χ2n) is 5.73. The van der Waals surface area contributed by atoms with Crippen LogP contribution >= 0.6 is 12.4 Å². The number of piperidine rings is 1. The second-order valence-corrected chi connectivity index (χ2v) is 5.73. The Balaban J connectivity index is 0.00000225. The molecule has 2 N–H and O–H groups in total. The molecule has 10 heteroatoms. The number of amides is 1. The molecule has 9 nitrogen and oxygen atoms in total. The van der Waals surface area contributed by atoms with Crippen LogP contribution in [0.4, 0.5) is 5.69 Å². The molecule has 0 spiro atoms. The number of halogens is 1. The Kier molecular flexibility index (Phi) is 6.05. The van der Waals surface area contributed by atoms with Gasteiger partial charge < -0.3 is 10.6 Å². The molecule has 0 aliphatic carbocycles. The van der Waals surface area contributed by atoms with Gasteiger partial charge in [0.1, 0.15) is 0 Å². The third kappa shape index (κ3) is 4.12. The Bertz CT molecular complexity index is 772. The Labute approximate surface area is 150 Å². The third-order valence-electron chi connectivity index (χ3n) is 4.03. The van der Waals surface area contributed by atoms with Gasteiger partial charge in [-0.15, -0.1) is 17.5 Å². The summed E-state index contributed by atoms with van der Waals surface area (Å²) in [6.45, 7) is 3.42. The predicted octanol–water partition coefficient (Wildman–Crippen LogP) is 1.39. The number of hydrogen-bond acceptors (Lipinski definition) is 6. The number of rotatable bonds is 4. The van der Waals surface area contributed by atoms with Crippen LogP contribution in [-0.2, 0) is 0 Å². The van der Waals surface area contributed by atoms with Gasteiger partial charge in [0.05, 0.1) is 16.3 Å². The summed E-state index contributed by atoms with van der Waals surface area (Å²) in [5, 5.41) is 25.0. The van der Waals surface area contributed by atoms with Crippen molar-refractivity contribution in [2.75, 3.05) is 13.1 Å². The highest BCUT2D eigenvalue weighted by Gasteiger charge is 2.22. The van der Waals surface area contributed by atoms with E-state index in [1.165, 1.54) is 16.8 Å². The number of nitrogens with one attached hydrogen (secondary N) is 2. The summed E-state index contributed by atoms with van der Waals surface area (Å²) in [6.07, 6.45) is 1.95. The van der Waals surface area contributed by atoms with Crippen molar-refractivity contribution in [2.45, 2.75) is 25.8 Å². The molecule has 2 aromatic rings. The summed E-state index contributed by atoms with van der Waals surface area (Å²) in [4.78, 5) is 22.8. The fourth-order valence-electron chi connectivity index (χ4n) is 2.75. The van der Waals surface area contributed by atoms with E-state index in [1.54, 1.807) is 19.1 Å². The largest absolute Gasteiger partial charge is 0.347 e. The first kappa shape index (κ1) is 18.8. The van der Waals surface area contributed by atoms with Gasteiger partial charge in [-0.3, -0.25) is 14.9 Å². The minimum Gasteiger partial charge on any atom is -0.347 e. The monoisotopic (exact) mass is 366 g/mol. The van der Waals surface area contributed by atoms with Gasteiger partial charge in [0, 0.05) is 24.7 Å². The SMILES string of the molecule is Cc1c(C(=O)NC2CCCNC2)nnn1-c1cccc([N+](=O)[O-])c1.Cl. The smallest absolute Gasteiger partial charge is 0.274 e. The number of benzene rings is 1. The molecule has 1 amide bonds. The number of nitrogens with zero attached hydrogens (tertiary/aromatic N) is 4. The van der Waals surface area contributed by atoms with Crippen LogP contribution in [0.15, 0.2) is 24.3 Å². The number of non-ortho nitro benzene ring substituents is 1. The van der Waals surface area contributed by atoms with Crippen LogP contribution in [0.1, 0.15) is 29.0 Å². The van der Waals surface area contributed by atoms with Crippen LogP contribution in [0.25, 0.3) is 5.69 Å². The normalized spacial score (nSPS) is 16.8. The van der Waals surface area contributed by atoms with E-state index < -0.39 is 4.92 Å². The first-order valence-electron chi connectivity index (χ1n) is 7.75. The van der Waals surface area contributed by atoms with Crippen molar-refractivity contribution in [3.8, 4) is 5.69 Å². The van der Waals surface area contributed by atoms with Crippen molar-refractivity contribution in [3.63, 3.8) is 0 Å². The molecule has 3 rings (SSSR count). The van der Waals surface area contributed by atoms with Crippen LogP contribution in [0.5, 0.6) is 0 Å². The Morgan fingerprint density at radius 3 is 2.96 bits per heavy atom. The van der Waals surface area contributed by atoms with Crippen molar-refractivity contribution in [1.29, 1.82) is 0 Å². The maximum Gasteiger partial charge on any atom is 0.274 e. The second kappa shape index (κ2) is 8.04. The number of aromatic nitrogens is 3. The summed E-state index contributed by atoms with van der Waals surface area (Å²) in [6, 6.07) is 6.13. The first-order valence-corrected chi connectivity index (χ1v) is 7.75. The summed E-state index contributed by atoms with van der Waals surface area (Å²) in [7, 11) is 0. The molecule has 2 heterocycles. The molecule has 0 bridgehead atoms. The number of nitro groups is 1. The van der Waals surface area contributed by atoms with Gasteiger partial charge in [0.2, 0.25) is 0 Å². The Morgan fingerprint density at radius 2 is 2.28 bits per heavy atom. The van der Waals surface area contributed by atoms with Gasteiger partial charge in [-0.2, -0.15) is 0 Å². The van der Waals surface area contributed by atoms with Gasteiger partial charge in [0.15, 0.2) is 5.69 Å². The molecule has 1 aliphatic rings. The lowest BCUT2D eigenvalue weighted by molar-refractivity contribution is -0.384. The van der Waals surface area contributed by atoms with Crippen molar-refractivity contribution in [3.05, 3.63) is 45.8 Å². The van der Waals surface area contributed by atoms with Gasteiger partial charge in [-0.05, 0) is 32.4 Å². The first-order chi connectivity index (χ1) is 11.6. The van der Waals surface area contributed by atoms with Crippen LogP contribution in [0.2, 0.25) is 0 Å². The molecule has 0 radical (unpaired) electrons. The molecule has 1 aromatic heterocycles. The fraction of sp³-hybridized carbons (Fsp3) is 0.400. The van der Waals surface area contributed by atoms with E-state index in [0.29, 0.717) is 11.4 Å². The van der Waals surface area contributed by atoms with Gasteiger partial charge in [-0.25, -0.2) is 4.68 Å². The average Bonchev–Trinajstić information content (AvgIpc) is 2.97.